The minimum atomic E-state index is -0.282. The first-order valence-corrected chi connectivity index (χ1v) is 8.60. The molecule has 1 amide bonds. The lowest BCUT2D eigenvalue weighted by atomic mass is 10.0. The number of hydrogen-bond acceptors (Lipinski definition) is 5. The number of pyridine rings is 1. The molecule has 27 heavy (non-hydrogen) atoms. The summed E-state index contributed by atoms with van der Waals surface area (Å²) >= 11 is 0. The molecule has 1 aromatic heterocycles. The second kappa shape index (κ2) is 6.99. The van der Waals surface area contributed by atoms with Crippen LogP contribution in [0.1, 0.15) is 15.9 Å². The first-order valence-electron chi connectivity index (χ1n) is 8.60. The van der Waals surface area contributed by atoms with Gasteiger partial charge in [0.25, 0.3) is 5.91 Å². The molecular weight excluding hydrogens is 344 g/mol. The van der Waals surface area contributed by atoms with Crippen LogP contribution in [0, 0.1) is 0 Å². The molecule has 2 heterocycles. The Hall–Kier alpha value is -3.54. The summed E-state index contributed by atoms with van der Waals surface area (Å²) in [6.45, 7) is 0.875. The quantitative estimate of drug-likeness (QED) is 0.732. The highest BCUT2D eigenvalue weighted by Crippen LogP contribution is 2.37. The summed E-state index contributed by atoms with van der Waals surface area (Å²) in [4.78, 5) is 18.6. The van der Waals surface area contributed by atoms with Crippen LogP contribution in [0.3, 0.4) is 0 Å². The predicted octanol–water partition coefficient (Wildman–Crippen LogP) is 3.19. The molecule has 6 nitrogen and oxygen atoms in total. The van der Waals surface area contributed by atoms with Crippen molar-refractivity contribution in [1.82, 2.24) is 9.88 Å². The number of amides is 1. The van der Waals surface area contributed by atoms with Gasteiger partial charge in [-0.3, -0.25) is 9.78 Å². The second-order valence-corrected chi connectivity index (χ2v) is 6.32. The minimum Gasteiger partial charge on any atom is -0.507 e. The Labute approximate surface area is 156 Å². The number of phenols is 2. The van der Waals surface area contributed by atoms with Crippen molar-refractivity contribution < 1.29 is 19.7 Å². The van der Waals surface area contributed by atoms with Crippen molar-refractivity contribution in [1.29, 1.82) is 0 Å². The van der Waals surface area contributed by atoms with E-state index in [-0.39, 0.29) is 36.1 Å². The summed E-state index contributed by atoms with van der Waals surface area (Å²) in [5.41, 5.74) is 2.60. The minimum absolute atomic E-state index is 0.0308. The number of aromatic nitrogens is 1. The third-order valence-corrected chi connectivity index (χ3v) is 4.53. The zero-order valence-electron chi connectivity index (χ0n) is 14.5. The fourth-order valence-corrected chi connectivity index (χ4v) is 3.20. The Morgan fingerprint density at radius 1 is 1.04 bits per heavy atom. The summed E-state index contributed by atoms with van der Waals surface area (Å²) in [7, 11) is 0. The van der Waals surface area contributed by atoms with Crippen molar-refractivity contribution in [3.8, 4) is 28.4 Å². The standard InChI is InChI=1S/C21H18N2O4/c24-18-6-2-1-5-17(18)21(26)23-8-9-27-20-16(13-23)10-15(11-19(20)25)14-4-3-7-22-12-14/h1-7,10-12,24-25H,8-9,13H2. The van der Waals surface area contributed by atoms with Gasteiger partial charge in [0.05, 0.1) is 12.1 Å². The van der Waals surface area contributed by atoms with Crippen LogP contribution >= 0.6 is 0 Å². The number of rotatable bonds is 2. The molecule has 0 saturated heterocycles. The molecule has 1 aliphatic heterocycles. The predicted molar refractivity (Wildman–Crippen MR) is 99.7 cm³/mol. The largest absolute Gasteiger partial charge is 0.507 e. The normalized spacial score (nSPS) is 13.4. The molecule has 2 N–H and O–H groups in total. The molecular formula is C21H18N2O4. The number of para-hydroxylation sites is 1. The fourth-order valence-electron chi connectivity index (χ4n) is 3.20. The van der Waals surface area contributed by atoms with Gasteiger partial charge in [-0.15, -0.1) is 0 Å². The van der Waals surface area contributed by atoms with Crippen LogP contribution in [-0.4, -0.2) is 39.2 Å². The van der Waals surface area contributed by atoms with Crippen molar-refractivity contribution >= 4 is 5.91 Å². The molecule has 4 rings (SSSR count). The van der Waals surface area contributed by atoms with Gasteiger partial charge in [-0.2, -0.15) is 0 Å². The van der Waals surface area contributed by atoms with Crippen molar-refractivity contribution in [3.05, 3.63) is 72.1 Å². The summed E-state index contributed by atoms with van der Waals surface area (Å²) in [6.07, 6.45) is 3.40. The smallest absolute Gasteiger partial charge is 0.258 e. The molecule has 6 heteroatoms. The highest BCUT2D eigenvalue weighted by Gasteiger charge is 2.25. The van der Waals surface area contributed by atoms with E-state index in [0.717, 1.165) is 11.1 Å². The van der Waals surface area contributed by atoms with Crippen LogP contribution in [0.5, 0.6) is 17.2 Å². The topological polar surface area (TPSA) is 82.9 Å². The fraction of sp³-hybridized carbons (Fsp3) is 0.143. The van der Waals surface area contributed by atoms with Crippen molar-refractivity contribution in [3.63, 3.8) is 0 Å². The number of carbonyl (C=O) groups is 1. The van der Waals surface area contributed by atoms with E-state index in [1.807, 2.05) is 18.2 Å². The van der Waals surface area contributed by atoms with Crippen LogP contribution in [0.15, 0.2) is 60.9 Å². The third kappa shape index (κ3) is 3.29. The number of hydrogen-bond donors (Lipinski definition) is 2. The third-order valence-electron chi connectivity index (χ3n) is 4.53. The molecule has 0 aliphatic carbocycles. The first-order chi connectivity index (χ1) is 13.1. The average Bonchev–Trinajstić information content (AvgIpc) is 2.91. The molecule has 0 atom stereocenters. The zero-order valence-corrected chi connectivity index (χ0v) is 14.5. The van der Waals surface area contributed by atoms with Gasteiger partial charge in [0.15, 0.2) is 11.5 Å². The molecule has 136 valence electrons. The van der Waals surface area contributed by atoms with Gasteiger partial charge in [0.1, 0.15) is 12.4 Å². The van der Waals surface area contributed by atoms with Gasteiger partial charge in [0, 0.05) is 30.1 Å². The number of ether oxygens (including phenoxy) is 1. The lowest BCUT2D eigenvalue weighted by Crippen LogP contribution is -2.32. The SMILES string of the molecule is O=C(c1ccccc1O)N1CCOc2c(O)cc(-c3cccnc3)cc2C1. The summed E-state index contributed by atoms with van der Waals surface area (Å²) in [5, 5.41) is 20.4. The number of aromatic hydroxyl groups is 2. The maximum atomic E-state index is 12.9. The molecule has 0 saturated carbocycles. The summed E-state index contributed by atoms with van der Waals surface area (Å²) in [5.74, 6) is 0.0779. The van der Waals surface area contributed by atoms with E-state index in [9.17, 15) is 15.0 Å². The van der Waals surface area contributed by atoms with Crippen molar-refractivity contribution in [2.24, 2.45) is 0 Å². The molecule has 0 bridgehead atoms. The Kier molecular flexibility index (Phi) is 4.38. The second-order valence-electron chi connectivity index (χ2n) is 6.32. The molecule has 2 aromatic carbocycles. The highest BCUT2D eigenvalue weighted by atomic mass is 16.5. The Balaban J connectivity index is 1.70. The average molecular weight is 362 g/mol. The number of benzene rings is 2. The van der Waals surface area contributed by atoms with E-state index >= 15 is 0 Å². The van der Waals surface area contributed by atoms with Crippen LogP contribution in [0.25, 0.3) is 11.1 Å². The van der Waals surface area contributed by atoms with Gasteiger partial charge < -0.3 is 19.8 Å². The van der Waals surface area contributed by atoms with Gasteiger partial charge in [-0.25, -0.2) is 0 Å². The lowest BCUT2D eigenvalue weighted by molar-refractivity contribution is 0.0730. The highest BCUT2D eigenvalue weighted by molar-refractivity contribution is 5.96. The van der Waals surface area contributed by atoms with E-state index in [1.165, 1.54) is 6.07 Å². The van der Waals surface area contributed by atoms with Crippen LogP contribution < -0.4 is 4.74 Å². The van der Waals surface area contributed by atoms with Gasteiger partial charge in [0.2, 0.25) is 0 Å². The number of nitrogens with zero attached hydrogens (tertiary/aromatic N) is 2. The van der Waals surface area contributed by atoms with E-state index in [4.69, 9.17) is 4.74 Å². The zero-order chi connectivity index (χ0) is 18.8. The van der Waals surface area contributed by atoms with Gasteiger partial charge in [-0.1, -0.05) is 18.2 Å². The van der Waals surface area contributed by atoms with Crippen LogP contribution in [0.2, 0.25) is 0 Å². The maximum Gasteiger partial charge on any atom is 0.258 e. The van der Waals surface area contributed by atoms with Crippen LogP contribution in [-0.2, 0) is 6.54 Å². The summed E-state index contributed by atoms with van der Waals surface area (Å²) < 4.78 is 5.69. The van der Waals surface area contributed by atoms with E-state index in [1.54, 1.807) is 41.6 Å². The number of carbonyl (C=O) groups excluding carboxylic acids is 1. The monoisotopic (exact) mass is 362 g/mol. The van der Waals surface area contributed by atoms with Gasteiger partial charge >= 0.3 is 0 Å². The Morgan fingerprint density at radius 2 is 1.89 bits per heavy atom. The Bertz CT molecular complexity index is 989. The van der Waals surface area contributed by atoms with E-state index in [0.29, 0.717) is 17.9 Å². The number of fused-ring (bicyclic) bond motifs is 1. The maximum absolute atomic E-state index is 12.9. The summed E-state index contributed by atoms with van der Waals surface area (Å²) in [6, 6.07) is 13.7. The van der Waals surface area contributed by atoms with Crippen molar-refractivity contribution in [2.75, 3.05) is 13.2 Å². The van der Waals surface area contributed by atoms with Crippen LogP contribution in [0.4, 0.5) is 0 Å². The molecule has 0 unspecified atom stereocenters. The van der Waals surface area contributed by atoms with Gasteiger partial charge in [-0.05, 0) is 35.9 Å². The van der Waals surface area contributed by atoms with E-state index < -0.39 is 0 Å². The number of phenolic OH excluding ortho intramolecular Hbond substituents is 2. The lowest BCUT2D eigenvalue weighted by Gasteiger charge is -2.20. The molecule has 0 fully saturated rings. The first kappa shape index (κ1) is 16.9. The molecule has 1 aliphatic rings. The molecule has 0 spiro atoms. The van der Waals surface area contributed by atoms with Crippen molar-refractivity contribution in [2.45, 2.75) is 6.54 Å². The Morgan fingerprint density at radius 3 is 2.67 bits per heavy atom. The molecule has 3 aromatic rings. The molecule has 0 radical (unpaired) electrons. The van der Waals surface area contributed by atoms with E-state index in [2.05, 4.69) is 4.98 Å².